The van der Waals surface area contributed by atoms with E-state index in [-0.39, 0.29) is 5.97 Å². The van der Waals surface area contributed by atoms with Crippen molar-refractivity contribution in [3.8, 4) is 0 Å². The Balaban J connectivity index is 2.04. The van der Waals surface area contributed by atoms with Gasteiger partial charge in [-0.2, -0.15) is 0 Å². The molecule has 1 heterocycles. The standard InChI is InChI=1S/C14H17NO2/c1-17-13(16)14-8-10-4-2-3-5-12(10)11(9-14)6-7-15-14/h2-5,11,15H,6-9H2,1H3. The van der Waals surface area contributed by atoms with Gasteiger partial charge in [-0.25, -0.2) is 0 Å². The number of ether oxygens (including phenoxy) is 1. The maximum atomic E-state index is 12.0. The first kappa shape index (κ1) is 10.8. The van der Waals surface area contributed by atoms with Crippen LogP contribution in [0.5, 0.6) is 0 Å². The SMILES string of the molecule is COC(=O)C12Cc3ccccc3C(CCN1)C2. The van der Waals surface area contributed by atoms with E-state index in [9.17, 15) is 4.79 Å². The van der Waals surface area contributed by atoms with E-state index in [0.29, 0.717) is 5.92 Å². The molecule has 1 N–H and O–H groups in total. The average Bonchev–Trinajstić information content (AvgIpc) is 2.38. The molecule has 2 unspecified atom stereocenters. The molecule has 0 saturated carbocycles. The molecule has 1 fully saturated rings. The second-order valence-corrected chi connectivity index (χ2v) is 5.07. The number of hydrogen-bond donors (Lipinski definition) is 1. The van der Waals surface area contributed by atoms with E-state index >= 15 is 0 Å². The van der Waals surface area contributed by atoms with E-state index in [2.05, 4.69) is 23.5 Å². The van der Waals surface area contributed by atoms with Crippen LogP contribution in [0, 0.1) is 0 Å². The van der Waals surface area contributed by atoms with E-state index < -0.39 is 5.54 Å². The molecule has 0 radical (unpaired) electrons. The number of nitrogens with one attached hydrogen (secondary N) is 1. The van der Waals surface area contributed by atoms with Crippen molar-refractivity contribution < 1.29 is 9.53 Å². The summed E-state index contributed by atoms with van der Waals surface area (Å²) in [5.41, 5.74) is 2.24. The number of esters is 1. The van der Waals surface area contributed by atoms with Crippen molar-refractivity contribution in [2.24, 2.45) is 0 Å². The zero-order valence-corrected chi connectivity index (χ0v) is 10.0. The number of fused-ring (bicyclic) bond motifs is 4. The van der Waals surface area contributed by atoms with Gasteiger partial charge in [0.05, 0.1) is 7.11 Å². The molecule has 17 heavy (non-hydrogen) atoms. The lowest BCUT2D eigenvalue weighted by Gasteiger charge is -2.44. The van der Waals surface area contributed by atoms with Crippen molar-refractivity contribution in [3.05, 3.63) is 35.4 Å². The molecule has 2 atom stereocenters. The molecular formula is C14H17NO2. The van der Waals surface area contributed by atoms with E-state index in [1.165, 1.54) is 18.2 Å². The molecule has 3 heteroatoms. The highest BCUT2D eigenvalue weighted by Gasteiger charge is 2.47. The van der Waals surface area contributed by atoms with E-state index in [0.717, 1.165) is 25.8 Å². The van der Waals surface area contributed by atoms with Crippen LogP contribution in [-0.2, 0) is 16.0 Å². The Labute approximate surface area is 101 Å². The molecule has 90 valence electrons. The molecule has 1 saturated heterocycles. The number of methoxy groups -OCH3 is 1. The van der Waals surface area contributed by atoms with E-state index in [1.807, 2.05) is 6.07 Å². The Bertz CT molecular complexity index is 457. The van der Waals surface area contributed by atoms with Crippen molar-refractivity contribution in [3.63, 3.8) is 0 Å². The molecule has 1 aromatic carbocycles. The van der Waals surface area contributed by atoms with Crippen molar-refractivity contribution in [1.82, 2.24) is 5.32 Å². The summed E-state index contributed by atoms with van der Waals surface area (Å²) in [4.78, 5) is 12.0. The first-order valence-corrected chi connectivity index (χ1v) is 6.16. The molecule has 3 nitrogen and oxygen atoms in total. The van der Waals surface area contributed by atoms with Gasteiger partial charge in [0.2, 0.25) is 0 Å². The van der Waals surface area contributed by atoms with Crippen LogP contribution < -0.4 is 5.32 Å². The van der Waals surface area contributed by atoms with Crippen LogP contribution >= 0.6 is 0 Å². The second kappa shape index (κ2) is 3.84. The molecule has 0 aromatic heterocycles. The van der Waals surface area contributed by atoms with Gasteiger partial charge >= 0.3 is 5.97 Å². The van der Waals surface area contributed by atoms with Crippen LogP contribution in [0.2, 0.25) is 0 Å². The minimum Gasteiger partial charge on any atom is -0.468 e. The number of rotatable bonds is 1. The number of carbonyl (C=O) groups is 1. The lowest BCUT2D eigenvalue weighted by atomic mass is 9.68. The number of piperidine rings is 1. The summed E-state index contributed by atoms with van der Waals surface area (Å²) in [6.45, 7) is 0.897. The van der Waals surface area contributed by atoms with Crippen LogP contribution in [0.4, 0.5) is 0 Å². The maximum absolute atomic E-state index is 12.0. The Hall–Kier alpha value is -1.35. The lowest BCUT2D eigenvalue weighted by molar-refractivity contribution is -0.150. The summed E-state index contributed by atoms with van der Waals surface area (Å²) in [5.74, 6) is 0.386. The van der Waals surface area contributed by atoms with Gasteiger partial charge in [0.25, 0.3) is 0 Å². The Kier molecular flexibility index (Phi) is 2.44. The summed E-state index contributed by atoms with van der Waals surface area (Å²) >= 11 is 0. The van der Waals surface area contributed by atoms with Crippen LogP contribution in [-0.4, -0.2) is 25.2 Å². The van der Waals surface area contributed by atoms with Gasteiger partial charge < -0.3 is 10.1 Å². The van der Waals surface area contributed by atoms with E-state index in [4.69, 9.17) is 4.74 Å². The smallest absolute Gasteiger partial charge is 0.326 e. The summed E-state index contributed by atoms with van der Waals surface area (Å²) in [6, 6.07) is 8.47. The summed E-state index contributed by atoms with van der Waals surface area (Å²) in [6.07, 6.45) is 2.73. The molecule has 2 bridgehead atoms. The van der Waals surface area contributed by atoms with Crippen molar-refractivity contribution in [2.45, 2.75) is 30.7 Å². The van der Waals surface area contributed by atoms with Gasteiger partial charge in [0.15, 0.2) is 0 Å². The van der Waals surface area contributed by atoms with Gasteiger partial charge in [-0.3, -0.25) is 4.79 Å². The Morgan fingerprint density at radius 2 is 2.29 bits per heavy atom. The Morgan fingerprint density at radius 3 is 3.12 bits per heavy atom. The van der Waals surface area contributed by atoms with Gasteiger partial charge in [-0.15, -0.1) is 0 Å². The first-order chi connectivity index (χ1) is 8.25. The summed E-state index contributed by atoms with van der Waals surface area (Å²) < 4.78 is 4.98. The topological polar surface area (TPSA) is 38.3 Å². The zero-order valence-electron chi connectivity index (χ0n) is 10.0. The third kappa shape index (κ3) is 1.57. The molecule has 0 amide bonds. The molecule has 0 spiro atoms. The highest BCUT2D eigenvalue weighted by molar-refractivity contribution is 5.82. The van der Waals surface area contributed by atoms with Crippen molar-refractivity contribution >= 4 is 5.97 Å². The maximum Gasteiger partial charge on any atom is 0.326 e. The number of carbonyl (C=O) groups excluding carboxylic acids is 1. The fourth-order valence-corrected chi connectivity index (χ4v) is 3.32. The fourth-order valence-electron chi connectivity index (χ4n) is 3.32. The van der Waals surface area contributed by atoms with Gasteiger partial charge in [0.1, 0.15) is 5.54 Å². The van der Waals surface area contributed by atoms with Crippen molar-refractivity contribution in [1.29, 1.82) is 0 Å². The highest BCUT2D eigenvalue weighted by Crippen LogP contribution is 2.42. The minimum atomic E-state index is -0.480. The van der Waals surface area contributed by atoms with Crippen LogP contribution in [0.25, 0.3) is 0 Å². The molecule has 1 aliphatic heterocycles. The summed E-state index contributed by atoms with van der Waals surface area (Å²) in [7, 11) is 1.48. The quantitative estimate of drug-likeness (QED) is 0.746. The molecular weight excluding hydrogens is 214 g/mol. The molecule has 1 aromatic rings. The highest BCUT2D eigenvalue weighted by atomic mass is 16.5. The fraction of sp³-hybridized carbons (Fsp3) is 0.500. The average molecular weight is 231 g/mol. The predicted molar refractivity (Wildman–Crippen MR) is 64.9 cm³/mol. The first-order valence-electron chi connectivity index (χ1n) is 6.16. The second-order valence-electron chi connectivity index (χ2n) is 5.07. The van der Waals surface area contributed by atoms with Gasteiger partial charge in [-0.05, 0) is 36.4 Å². The van der Waals surface area contributed by atoms with Crippen LogP contribution in [0.1, 0.15) is 29.9 Å². The lowest BCUT2D eigenvalue weighted by Crippen LogP contribution is -2.60. The monoisotopic (exact) mass is 231 g/mol. The normalized spacial score (nSPS) is 30.5. The largest absolute Gasteiger partial charge is 0.468 e. The molecule has 2 aliphatic rings. The third-order valence-electron chi connectivity index (χ3n) is 4.11. The number of hydrogen-bond acceptors (Lipinski definition) is 3. The van der Waals surface area contributed by atoms with Crippen LogP contribution in [0.3, 0.4) is 0 Å². The van der Waals surface area contributed by atoms with Gasteiger partial charge in [-0.1, -0.05) is 24.3 Å². The summed E-state index contributed by atoms with van der Waals surface area (Å²) in [5, 5.41) is 3.38. The predicted octanol–water partition coefficient (Wildman–Crippen LogP) is 1.62. The van der Waals surface area contributed by atoms with Gasteiger partial charge in [0, 0.05) is 6.42 Å². The molecule has 3 rings (SSSR count). The number of benzene rings is 1. The third-order valence-corrected chi connectivity index (χ3v) is 4.11. The Morgan fingerprint density at radius 1 is 1.47 bits per heavy atom. The zero-order chi connectivity index (χ0) is 11.9. The molecule has 1 aliphatic carbocycles. The van der Waals surface area contributed by atoms with E-state index in [1.54, 1.807) is 0 Å². The van der Waals surface area contributed by atoms with Crippen LogP contribution in [0.15, 0.2) is 24.3 Å². The van der Waals surface area contributed by atoms with Crippen molar-refractivity contribution in [2.75, 3.05) is 13.7 Å². The minimum absolute atomic E-state index is 0.114.